The zero-order valence-corrected chi connectivity index (χ0v) is 19.3. The highest BCUT2D eigenvalue weighted by Crippen LogP contribution is 2.40. The van der Waals surface area contributed by atoms with E-state index in [4.69, 9.17) is 18.9 Å². The second-order valence-corrected chi connectivity index (χ2v) is 9.17. The largest absolute Gasteiger partial charge is 0.493 e. The molecule has 0 spiro atoms. The van der Waals surface area contributed by atoms with Crippen LogP contribution in [0.1, 0.15) is 17.3 Å². The van der Waals surface area contributed by atoms with Gasteiger partial charge >= 0.3 is 0 Å². The Kier molecular flexibility index (Phi) is 6.03. The number of hydrogen-bond donors (Lipinski definition) is 0. The van der Waals surface area contributed by atoms with Gasteiger partial charge in [0.25, 0.3) is 0 Å². The Bertz CT molecular complexity index is 1220. The summed E-state index contributed by atoms with van der Waals surface area (Å²) in [7, 11) is 2.26. The summed E-state index contributed by atoms with van der Waals surface area (Å²) in [5.74, 6) is 1.95. The Balaban J connectivity index is 1.84. The first-order valence-corrected chi connectivity index (χ1v) is 11.5. The molecule has 0 aliphatic carbocycles. The Morgan fingerprint density at radius 1 is 0.781 bits per heavy atom. The molecule has 0 bridgehead atoms. The highest BCUT2D eigenvalue weighted by molar-refractivity contribution is 7.89. The number of benzene rings is 2. The van der Waals surface area contributed by atoms with Gasteiger partial charge in [0.1, 0.15) is 0 Å². The van der Waals surface area contributed by atoms with E-state index < -0.39 is 16.1 Å². The number of ether oxygens (including phenoxy) is 4. The Morgan fingerprint density at radius 3 is 2.06 bits per heavy atom. The first kappa shape index (κ1) is 22.0. The smallest absolute Gasteiger partial charge is 0.244 e. The molecular weight excluding hydrogens is 432 g/mol. The van der Waals surface area contributed by atoms with E-state index in [0.717, 1.165) is 11.3 Å². The number of nitrogens with zero attached hydrogens (tertiary/aromatic N) is 2. The summed E-state index contributed by atoms with van der Waals surface area (Å²) in [6, 6.07) is 13.4. The molecule has 170 valence electrons. The van der Waals surface area contributed by atoms with Crippen LogP contribution in [0.15, 0.2) is 59.6 Å². The van der Waals surface area contributed by atoms with E-state index in [1.54, 1.807) is 26.4 Å². The van der Waals surface area contributed by atoms with E-state index >= 15 is 0 Å². The maximum Gasteiger partial charge on any atom is 0.244 e. The Hall–Kier alpha value is -3.17. The summed E-state index contributed by atoms with van der Waals surface area (Å²) in [6.07, 6.45) is 1.96. The van der Waals surface area contributed by atoms with Gasteiger partial charge in [-0.3, -0.25) is 0 Å². The maximum absolute atomic E-state index is 13.8. The third kappa shape index (κ3) is 3.67. The number of fused-ring (bicyclic) bond motifs is 1. The van der Waals surface area contributed by atoms with Crippen LogP contribution < -0.4 is 18.9 Å². The van der Waals surface area contributed by atoms with Crippen LogP contribution in [0.3, 0.4) is 0 Å². The standard InChI is InChI=1S/C23H26N2O6S/c1-28-19-9-7-16(14-21(19)30-3)23-18-6-5-11-24(18)12-13-25(23)32(26,27)17-8-10-20(29-2)22(15-17)31-4/h5-11,14-15,23H,12-13H2,1-4H3/t23-/m1/s1. The molecule has 8 nitrogen and oxygen atoms in total. The van der Waals surface area contributed by atoms with Crippen molar-refractivity contribution in [2.24, 2.45) is 0 Å². The molecule has 0 saturated carbocycles. The van der Waals surface area contributed by atoms with Gasteiger partial charge in [-0.2, -0.15) is 4.31 Å². The minimum Gasteiger partial charge on any atom is -0.493 e. The van der Waals surface area contributed by atoms with E-state index in [0.29, 0.717) is 36.1 Å². The molecule has 0 amide bonds. The summed E-state index contributed by atoms with van der Waals surface area (Å²) in [5, 5.41) is 0. The molecule has 32 heavy (non-hydrogen) atoms. The van der Waals surface area contributed by atoms with Gasteiger partial charge in [0.2, 0.25) is 10.0 Å². The van der Waals surface area contributed by atoms with Gasteiger partial charge in [0.15, 0.2) is 23.0 Å². The van der Waals surface area contributed by atoms with Crippen molar-refractivity contribution in [3.8, 4) is 23.0 Å². The van der Waals surface area contributed by atoms with Crippen molar-refractivity contribution >= 4 is 10.0 Å². The van der Waals surface area contributed by atoms with Crippen LogP contribution in [0.2, 0.25) is 0 Å². The van der Waals surface area contributed by atoms with Gasteiger partial charge in [0.05, 0.1) is 39.4 Å². The SMILES string of the molecule is COc1ccc([C@@H]2c3cccn3CCN2S(=O)(=O)c2ccc(OC)c(OC)c2)cc1OC. The van der Waals surface area contributed by atoms with Gasteiger partial charge in [-0.15, -0.1) is 0 Å². The zero-order valence-electron chi connectivity index (χ0n) is 18.4. The zero-order chi connectivity index (χ0) is 22.9. The lowest BCUT2D eigenvalue weighted by atomic mass is 10.0. The second kappa shape index (κ2) is 8.76. The number of rotatable bonds is 7. The van der Waals surface area contributed by atoms with Gasteiger partial charge in [0, 0.05) is 31.0 Å². The average Bonchev–Trinajstić information content (AvgIpc) is 3.31. The summed E-state index contributed by atoms with van der Waals surface area (Å²) in [6.45, 7) is 0.871. The van der Waals surface area contributed by atoms with Crippen molar-refractivity contribution in [2.75, 3.05) is 35.0 Å². The number of methoxy groups -OCH3 is 4. The van der Waals surface area contributed by atoms with Crippen molar-refractivity contribution in [1.29, 1.82) is 0 Å². The van der Waals surface area contributed by atoms with Crippen molar-refractivity contribution < 1.29 is 27.4 Å². The molecule has 0 fully saturated rings. The first-order valence-electron chi connectivity index (χ1n) is 10.1. The number of aromatic nitrogens is 1. The normalized spacial score (nSPS) is 16.3. The fourth-order valence-electron chi connectivity index (χ4n) is 4.09. The number of hydrogen-bond acceptors (Lipinski definition) is 6. The first-order chi connectivity index (χ1) is 15.4. The van der Waals surface area contributed by atoms with Crippen LogP contribution in [0, 0.1) is 0 Å². The van der Waals surface area contributed by atoms with E-state index in [2.05, 4.69) is 4.57 Å². The lowest BCUT2D eigenvalue weighted by Gasteiger charge is -2.36. The van der Waals surface area contributed by atoms with Crippen LogP contribution in [0.25, 0.3) is 0 Å². The Morgan fingerprint density at radius 2 is 1.41 bits per heavy atom. The molecule has 0 N–H and O–H groups in total. The summed E-state index contributed by atoms with van der Waals surface area (Å²) in [4.78, 5) is 0.139. The summed E-state index contributed by atoms with van der Waals surface area (Å²) >= 11 is 0. The second-order valence-electron chi connectivity index (χ2n) is 7.28. The quantitative estimate of drug-likeness (QED) is 0.541. The molecule has 1 aliphatic rings. The molecule has 3 aromatic rings. The van der Waals surface area contributed by atoms with Crippen LogP contribution in [0.4, 0.5) is 0 Å². The Labute approximate surface area is 187 Å². The van der Waals surface area contributed by atoms with E-state index in [9.17, 15) is 8.42 Å². The lowest BCUT2D eigenvalue weighted by Crippen LogP contribution is -2.42. The predicted octanol–water partition coefficient (Wildman–Crippen LogP) is 3.32. The minimum absolute atomic E-state index is 0.139. The van der Waals surface area contributed by atoms with Crippen LogP contribution >= 0.6 is 0 Å². The van der Waals surface area contributed by atoms with Crippen molar-refractivity contribution in [1.82, 2.24) is 8.87 Å². The molecular formula is C23H26N2O6S. The fourth-order valence-corrected chi connectivity index (χ4v) is 5.69. The van der Waals surface area contributed by atoms with Crippen LogP contribution in [-0.2, 0) is 16.6 Å². The summed E-state index contributed by atoms with van der Waals surface area (Å²) in [5.41, 5.74) is 1.67. The van der Waals surface area contributed by atoms with Gasteiger partial charge in [-0.25, -0.2) is 8.42 Å². The molecule has 0 saturated heterocycles. The van der Waals surface area contributed by atoms with Crippen LogP contribution in [0.5, 0.6) is 23.0 Å². The maximum atomic E-state index is 13.8. The van der Waals surface area contributed by atoms with Gasteiger partial charge < -0.3 is 23.5 Å². The average molecular weight is 459 g/mol. The van der Waals surface area contributed by atoms with E-state index in [1.165, 1.54) is 30.7 Å². The third-order valence-corrected chi connectivity index (χ3v) is 7.54. The minimum atomic E-state index is -3.86. The van der Waals surface area contributed by atoms with Gasteiger partial charge in [-0.1, -0.05) is 6.07 Å². The highest BCUT2D eigenvalue weighted by atomic mass is 32.2. The van der Waals surface area contributed by atoms with Crippen molar-refractivity contribution in [2.45, 2.75) is 17.5 Å². The van der Waals surface area contributed by atoms with Gasteiger partial charge in [-0.05, 0) is 42.0 Å². The van der Waals surface area contributed by atoms with E-state index in [-0.39, 0.29) is 4.90 Å². The van der Waals surface area contributed by atoms with Crippen LogP contribution in [-0.4, -0.2) is 52.3 Å². The lowest BCUT2D eigenvalue weighted by molar-refractivity contribution is 0.296. The molecule has 2 aromatic carbocycles. The highest BCUT2D eigenvalue weighted by Gasteiger charge is 2.38. The molecule has 2 heterocycles. The molecule has 0 unspecified atom stereocenters. The molecule has 1 aliphatic heterocycles. The molecule has 4 rings (SSSR count). The number of sulfonamides is 1. The topological polar surface area (TPSA) is 79.2 Å². The summed E-state index contributed by atoms with van der Waals surface area (Å²) < 4.78 is 52.6. The monoisotopic (exact) mass is 458 g/mol. The molecule has 0 radical (unpaired) electrons. The molecule has 1 aromatic heterocycles. The predicted molar refractivity (Wildman–Crippen MR) is 119 cm³/mol. The fraction of sp³-hybridized carbons (Fsp3) is 0.304. The van der Waals surface area contributed by atoms with Crippen molar-refractivity contribution in [3.63, 3.8) is 0 Å². The third-order valence-electron chi connectivity index (χ3n) is 5.68. The van der Waals surface area contributed by atoms with Crippen molar-refractivity contribution in [3.05, 3.63) is 66.0 Å². The molecule has 9 heteroatoms. The molecule has 1 atom stereocenters. The van der Waals surface area contributed by atoms with E-state index in [1.807, 2.05) is 30.5 Å².